The van der Waals surface area contributed by atoms with Crippen LogP contribution in [0.2, 0.25) is 0 Å². The van der Waals surface area contributed by atoms with Crippen LogP contribution in [0.1, 0.15) is 21.5 Å². The number of esters is 1. The smallest absolute Gasteiger partial charge is 0.337 e. The highest BCUT2D eigenvalue weighted by Gasteiger charge is 2.13. The van der Waals surface area contributed by atoms with Crippen LogP contribution in [0.15, 0.2) is 65.6 Å². The number of nitrogens with zero attached hydrogens (tertiary/aromatic N) is 2. The molecule has 0 aliphatic carbocycles. The van der Waals surface area contributed by atoms with E-state index in [9.17, 15) is 14.0 Å². The van der Waals surface area contributed by atoms with Gasteiger partial charge in [0.25, 0.3) is 11.6 Å². The summed E-state index contributed by atoms with van der Waals surface area (Å²) in [5, 5.41) is 0. The lowest BCUT2D eigenvalue weighted by Crippen LogP contribution is -2.26. The minimum absolute atomic E-state index is 0.0160. The van der Waals surface area contributed by atoms with Crippen LogP contribution in [0.5, 0.6) is 6.01 Å². The van der Waals surface area contributed by atoms with Crippen molar-refractivity contribution in [2.75, 3.05) is 7.11 Å². The Morgan fingerprint density at radius 3 is 2.44 bits per heavy atom. The number of halogens is 1. The summed E-state index contributed by atoms with van der Waals surface area (Å²) in [6.45, 7) is 0.245. The van der Waals surface area contributed by atoms with Crippen molar-refractivity contribution in [3.8, 4) is 6.01 Å². The first-order valence-electron chi connectivity index (χ1n) is 8.18. The van der Waals surface area contributed by atoms with E-state index in [0.717, 1.165) is 16.3 Å². The van der Waals surface area contributed by atoms with Gasteiger partial charge in [-0.25, -0.2) is 9.78 Å². The van der Waals surface area contributed by atoms with Gasteiger partial charge in [-0.2, -0.15) is 4.39 Å². The second kappa shape index (κ2) is 8.27. The largest absolute Gasteiger partial charge is 0.465 e. The van der Waals surface area contributed by atoms with Crippen molar-refractivity contribution in [1.29, 1.82) is 0 Å². The maximum Gasteiger partial charge on any atom is 0.337 e. The maximum absolute atomic E-state index is 13.7. The van der Waals surface area contributed by atoms with Crippen LogP contribution in [-0.2, 0) is 17.9 Å². The van der Waals surface area contributed by atoms with Crippen molar-refractivity contribution in [3.05, 3.63) is 93.7 Å². The lowest BCUT2D eigenvalue weighted by molar-refractivity contribution is 0.0600. The highest BCUT2D eigenvalue weighted by atomic mass is 19.1. The van der Waals surface area contributed by atoms with Gasteiger partial charge in [-0.15, -0.1) is 0 Å². The molecule has 0 unspecified atom stereocenters. The molecule has 0 spiro atoms. The Morgan fingerprint density at radius 2 is 1.78 bits per heavy atom. The zero-order valence-electron chi connectivity index (χ0n) is 14.6. The van der Waals surface area contributed by atoms with Crippen LogP contribution in [0, 0.1) is 5.82 Å². The molecular formula is C20H17FN2O4. The summed E-state index contributed by atoms with van der Waals surface area (Å²) < 4.78 is 25.1. The van der Waals surface area contributed by atoms with E-state index >= 15 is 0 Å². The number of benzene rings is 2. The fourth-order valence-corrected chi connectivity index (χ4v) is 2.48. The minimum Gasteiger partial charge on any atom is -0.465 e. The summed E-state index contributed by atoms with van der Waals surface area (Å²) in [4.78, 5) is 27.6. The molecule has 3 rings (SSSR count). The SMILES string of the molecule is COC(=O)c1ccc(Cn2c(OCc3ccccc3)ncc(F)c2=O)cc1. The Kier molecular flexibility index (Phi) is 5.61. The topological polar surface area (TPSA) is 70.4 Å². The molecule has 0 saturated heterocycles. The predicted molar refractivity (Wildman–Crippen MR) is 96.1 cm³/mol. The fourth-order valence-electron chi connectivity index (χ4n) is 2.48. The van der Waals surface area contributed by atoms with Gasteiger partial charge in [0, 0.05) is 0 Å². The third kappa shape index (κ3) is 4.38. The summed E-state index contributed by atoms with van der Waals surface area (Å²) in [5.41, 5.74) is 1.13. The Bertz CT molecular complexity index is 985. The van der Waals surface area contributed by atoms with E-state index in [4.69, 9.17) is 4.74 Å². The first-order chi connectivity index (χ1) is 13.1. The van der Waals surface area contributed by atoms with Gasteiger partial charge in [0.15, 0.2) is 0 Å². The van der Waals surface area contributed by atoms with Crippen LogP contribution < -0.4 is 10.3 Å². The lowest BCUT2D eigenvalue weighted by atomic mass is 10.1. The molecule has 0 saturated carbocycles. The summed E-state index contributed by atoms with van der Waals surface area (Å²) in [7, 11) is 1.30. The Labute approximate surface area is 154 Å². The number of hydrogen-bond donors (Lipinski definition) is 0. The molecule has 0 amide bonds. The molecule has 3 aromatic rings. The van der Waals surface area contributed by atoms with Gasteiger partial charge in [-0.1, -0.05) is 42.5 Å². The van der Waals surface area contributed by atoms with Crippen LogP contribution in [0.4, 0.5) is 4.39 Å². The van der Waals surface area contributed by atoms with Crippen LogP contribution in [0.25, 0.3) is 0 Å². The van der Waals surface area contributed by atoms with Crippen LogP contribution >= 0.6 is 0 Å². The van der Waals surface area contributed by atoms with E-state index in [0.29, 0.717) is 11.1 Å². The molecule has 0 atom stereocenters. The fraction of sp³-hybridized carbons (Fsp3) is 0.150. The highest BCUT2D eigenvalue weighted by Crippen LogP contribution is 2.13. The molecule has 0 aliphatic rings. The summed E-state index contributed by atoms with van der Waals surface area (Å²) in [6, 6.07) is 15.8. The van der Waals surface area contributed by atoms with Crippen LogP contribution in [-0.4, -0.2) is 22.6 Å². The van der Waals surface area contributed by atoms with E-state index < -0.39 is 17.3 Å². The van der Waals surface area contributed by atoms with Crippen LogP contribution in [0.3, 0.4) is 0 Å². The van der Waals surface area contributed by atoms with E-state index in [1.807, 2.05) is 30.3 Å². The van der Waals surface area contributed by atoms with Gasteiger partial charge in [0.2, 0.25) is 5.82 Å². The zero-order valence-corrected chi connectivity index (χ0v) is 14.6. The molecule has 0 N–H and O–H groups in total. The van der Waals surface area contributed by atoms with Gasteiger partial charge in [-0.05, 0) is 23.3 Å². The molecule has 6 nitrogen and oxygen atoms in total. The molecule has 0 radical (unpaired) electrons. The molecule has 1 heterocycles. The van der Waals surface area contributed by atoms with E-state index in [-0.39, 0.29) is 19.2 Å². The number of aromatic nitrogens is 2. The third-order valence-electron chi connectivity index (χ3n) is 3.90. The molecule has 27 heavy (non-hydrogen) atoms. The minimum atomic E-state index is -0.965. The third-order valence-corrected chi connectivity index (χ3v) is 3.90. The Hall–Kier alpha value is -3.48. The summed E-state index contributed by atoms with van der Waals surface area (Å²) in [5.74, 6) is -1.42. The number of carbonyl (C=O) groups excluding carboxylic acids is 1. The molecule has 0 fully saturated rings. The second-order valence-corrected chi connectivity index (χ2v) is 5.74. The number of hydrogen-bond acceptors (Lipinski definition) is 5. The highest BCUT2D eigenvalue weighted by molar-refractivity contribution is 5.89. The second-order valence-electron chi connectivity index (χ2n) is 5.74. The Balaban J connectivity index is 1.84. The van der Waals surface area contributed by atoms with Gasteiger partial charge in [0.05, 0.1) is 25.4 Å². The van der Waals surface area contributed by atoms with E-state index in [1.54, 1.807) is 24.3 Å². The van der Waals surface area contributed by atoms with E-state index in [2.05, 4.69) is 9.72 Å². The van der Waals surface area contributed by atoms with E-state index in [1.165, 1.54) is 7.11 Å². The molecular weight excluding hydrogens is 351 g/mol. The molecule has 2 aromatic carbocycles. The van der Waals surface area contributed by atoms with Crippen molar-refractivity contribution < 1.29 is 18.7 Å². The van der Waals surface area contributed by atoms with Gasteiger partial charge in [-0.3, -0.25) is 9.36 Å². The lowest BCUT2D eigenvalue weighted by Gasteiger charge is -2.13. The van der Waals surface area contributed by atoms with Crippen molar-refractivity contribution in [3.63, 3.8) is 0 Å². The molecule has 138 valence electrons. The van der Waals surface area contributed by atoms with Crippen molar-refractivity contribution in [2.24, 2.45) is 0 Å². The first kappa shape index (κ1) is 18.3. The van der Waals surface area contributed by atoms with Crippen molar-refractivity contribution >= 4 is 5.97 Å². The first-order valence-corrected chi connectivity index (χ1v) is 8.18. The number of carbonyl (C=O) groups is 1. The average Bonchev–Trinajstić information content (AvgIpc) is 2.71. The Morgan fingerprint density at radius 1 is 1.07 bits per heavy atom. The molecule has 0 bridgehead atoms. The van der Waals surface area contributed by atoms with Gasteiger partial charge >= 0.3 is 5.97 Å². The standard InChI is InChI=1S/C20H17FN2O4/c1-26-19(25)16-9-7-14(8-10-16)12-23-18(24)17(21)11-22-20(23)27-13-15-5-3-2-4-6-15/h2-11H,12-13H2,1H3. The predicted octanol–water partition coefficient (Wildman–Crippen LogP) is 2.80. The van der Waals surface area contributed by atoms with Crippen molar-refractivity contribution in [2.45, 2.75) is 13.2 Å². The number of ether oxygens (including phenoxy) is 2. The van der Waals surface area contributed by atoms with Crippen molar-refractivity contribution in [1.82, 2.24) is 9.55 Å². The maximum atomic E-state index is 13.7. The average molecular weight is 368 g/mol. The molecule has 7 heteroatoms. The van der Waals surface area contributed by atoms with Gasteiger partial charge in [0.1, 0.15) is 6.61 Å². The zero-order chi connectivity index (χ0) is 19.2. The summed E-state index contributed by atoms with van der Waals surface area (Å²) in [6.07, 6.45) is 0.847. The summed E-state index contributed by atoms with van der Waals surface area (Å²) >= 11 is 0. The normalized spacial score (nSPS) is 10.4. The molecule has 1 aromatic heterocycles. The number of methoxy groups -OCH3 is 1. The van der Waals surface area contributed by atoms with Gasteiger partial charge < -0.3 is 9.47 Å². The molecule has 0 aliphatic heterocycles. The quantitative estimate of drug-likeness (QED) is 0.626. The number of rotatable bonds is 6. The monoisotopic (exact) mass is 368 g/mol.